The Labute approximate surface area is 209 Å². The van der Waals surface area contributed by atoms with Crippen molar-refractivity contribution in [1.82, 2.24) is 14.5 Å². The summed E-state index contributed by atoms with van der Waals surface area (Å²) in [4.78, 5) is 27.1. The molecule has 0 spiro atoms. The standard InChI is InChI=1S/C24H31ClN6O2S/c1-6-31-22(17-9-8-16(29(4)5)12-18(17)25)27-15(3)21(23(31)32)28-19-13-30(14-20(19)33-7-2)24-26-10-11-34-24/h8-12,19-20,28H,6-7,13-14H2,1-5H3/t19-,20-/m1/s1. The monoisotopic (exact) mass is 502 g/mol. The minimum atomic E-state index is -0.110. The van der Waals surface area contributed by atoms with Gasteiger partial charge in [0, 0.05) is 63.2 Å². The van der Waals surface area contributed by atoms with Gasteiger partial charge in [-0.3, -0.25) is 9.36 Å². The molecule has 0 saturated carbocycles. The molecule has 4 rings (SSSR count). The van der Waals surface area contributed by atoms with E-state index < -0.39 is 0 Å². The van der Waals surface area contributed by atoms with Crippen molar-refractivity contribution in [2.75, 3.05) is 48.9 Å². The highest BCUT2D eigenvalue weighted by Crippen LogP contribution is 2.31. The first-order chi connectivity index (χ1) is 16.3. The number of hydrogen-bond acceptors (Lipinski definition) is 8. The number of nitrogens with zero attached hydrogens (tertiary/aromatic N) is 5. The number of anilines is 3. The van der Waals surface area contributed by atoms with Gasteiger partial charge < -0.3 is 19.9 Å². The normalized spacial score (nSPS) is 17.9. The Morgan fingerprint density at radius 2 is 2.09 bits per heavy atom. The van der Waals surface area contributed by atoms with E-state index in [0.29, 0.717) is 41.9 Å². The fourth-order valence-electron chi connectivity index (χ4n) is 4.30. The summed E-state index contributed by atoms with van der Waals surface area (Å²) in [7, 11) is 3.93. The number of ether oxygens (including phenoxy) is 1. The number of aryl methyl sites for hydroxylation is 1. The van der Waals surface area contributed by atoms with Gasteiger partial charge in [-0.15, -0.1) is 11.3 Å². The molecule has 0 radical (unpaired) electrons. The summed E-state index contributed by atoms with van der Waals surface area (Å²) in [5.74, 6) is 0.572. The molecule has 1 saturated heterocycles. The van der Waals surface area contributed by atoms with Crippen LogP contribution in [0, 0.1) is 6.92 Å². The lowest BCUT2D eigenvalue weighted by Crippen LogP contribution is -2.38. The van der Waals surface area contributed by atoms with Crippen LogP contribution in [0.1, 0.15) is 19.5 Å². The van der Waals surface area contributed by atoms with Gasteiger partial charge in [-0.2, -0.15) is 0 Å². The van der Waals surface area contributed by atoms with Crippen molar-refractivity contribution in [2.45, 2.75) is 39.5 Å². The Bertz CT molecular complexity index is 1200. The first-order valence-electron chi connectivity index (χ1n) is 11.4. The van der Waals surface area contributed by atoms with Gasteiger partial charge in [0.1, 0.15) is 11.5 Å². The van der Waals surface area contributed by atoms with E-state index >= 15 is 0 Å². The summed E-state index contributed by atoms with van der Waals surface area (Å²) >= 11 is 8.22. The van der Waals surface area contributed by atoms with Gasteiger partial charge >= 0.3 is 0 Å². The van der Waals surface area contributed by atoms with Crippen LogP contribution >= 0.6 is 22.9 Å². The molecule has 2 atom stereocenters. The average Bonchev–Trinajstić information content (AvgIpc) is 3.47. The van der Waals surface area contributed by atoms with E-state index in [4.69, 9.17) is 21.3 Å². The number of aromatic nitrogens is 3. The molecule has 1 aliphatic rings. The smallest absolute Gasteiger partial charge is 0.277 e. The number of thiazole rings is 1. The van der Waals surface area contributed by atoms with Crippen molar-refractivity contribution >= 4 is 39.4 Å². The fourth-order valence-corrected chi connectivity index (χ4v) is 5.22. The van der Waals surface area contributed by atoms with Crippen molar-refractivity contribution in [3.63, 3.8) is 0 Å². The third kappa shape index (κ3) is 4.78. The molecule has 10 heteroatoms. The largest absolute Gasteiger partial charge is 0.378 e. The van der Waals surface area contributed by atoms with E-state index in [9.17, 15) is 4.79 Å². The lowest BCUT2D eigenvalue weighted by molar-refractivity contribution is 0.0720. The van der Waals surface area contributed by atoms with E-state index in [0.717, 1.165) is 22.9 Å². The summed E-state index contributed by atoms with van der Waals surface area (Å²) < 4.78 is 7.69. The molecule has 1 N–H and O–H groups in total. The van der Waals surface area contributed by atoms with Gasteiger partial charge in [0.25, 0.3) is 5.56 Å². The number of rotatable bonds is 8. The molecule has 1 fully saturated rings. The summed E-state index contributed by atoms with van der Waals surface area (Å²) in [5, 5.41) is 6.96. The van der Waals surface area contributed by atoms with Crippen LogP contribution in [0.5, 0.6) is 0 Å². The van der Waals surface area contributed by atoms with E-state index in [2.05, 4.69) is 15.2 Å². The van der Waals surface area contributed by atoms with Gasteiger partial charge in [0.05, 0.1) is 22.9 Å². The molecule has 34 heavy (non-hydrogen) atoms. The molecule has 0 aliphatic carbocycles. The lowest BCUT2D eigenvalue weighted by Gasteiger charge is -2.23. The van der Waals surface area contributed by atoms with Crippen LogP contribution in [0.3, 0.4) is 0 Å². The first kappa shape index (κ1) is 24.5. The second-order valence-electron chi connectivity index (χ2n) is 8.47. The Balaban J connectivity index is 1.68. The van der Waals surface area contributed by atoms with Crippen molar-refractivity contribution in [1.29, 1.82) is 0 Å². The molecule has 8 nitrogen and oxygen atoms in total. The minimum Gasteiger partial charge on any atom is -0.378 e. The number of benzene rings is 1. The maximum atomic E-state index is 13.6. The number of halogens is 1. The SMILES string of the molecule is CCO[C@@H]1CN(c2nccs2)C[C@H]1Nc1c(C)nc(-c2ccc(N(C)C)cc2Cl)n(CC)c1=O. The maximum Gasteiger partial charge on any atom is 0.277 e. The number of nitrogens with one attached hydrogen (secondary N) is 1. The summed E-state index contributed by atoms with van der Waals surface area (Å²) in [5.41, 5.74) is 2.76. The quantitative estimate of drug-likeness (QED) is 0.496. The Hall–Kier alpha value is -2.62. The predicted octanol–water partition coefficient (Wildman–Crippen LogP) is 4.12. The Morgan fingerprint density at radius 1 is 1.29 bits per heavy atom. The van der Waals surface area contributed by atoms with Gasteiger partial charge in [0.15, 0.2) is 5.13 Å². The van der Waals surface area contributed by atoms with Crippen LogP contribution in [0.4, 0.5) is 16.5 Å². The zero-order valence-corrected chi connectivity index (χ0v) is 21.8. The molecule has 3 aromatic rings. The van der Waals surface area contributed by atoms with Gasteiger partial charge in [-0.25, -0.2) is 9.97 Å². The van der Waals surface area contributed by atoms with E-state index in [-0.39, 0.29) is 17.7 Å². The Morgan fingerprint density at radius 3 is 2.71 bits per heavy atom. The van der Waals surface area contributed by atoms with E-state index in [1.165, 1.54) is 0 Å². The van der Waals surface area contributed by atoms with Crippen LogP contribution in [-0.2, 0) is 11.3 Å². The van der Waals surface area contributed by atoms with Gasteiger partial charge in [-0.1, -0.05) is 11.6 Å². The zero-order chi connectivity index (χ0) is 24.4. The molecular formula is C24H31ClN6O2S. The topological polar surface area (TPSA) is 75.5 Å². The summed E-state index contributed by atoms with van der Waals surface area (Å²) in [6, 6.07) is 5.73. The van der Waals surface area contributed by atoms with Crippen LogP contribution in [-0.4, -0.2) is 60.5 Å². The molecule has 3 heterocycles. The second-order valence-corrected chi connectivity index (χ2v) is 9.75. The van der Waals surface area contributed by atoms with E-state index in [1.54, 1.807) is 22.1 Å². The fraction of sp³-hybridized carbons (Fsp3) is 0.458. The van der Waals surface area contributed by atoms with Gasteiger partial charge in [0.2, 0.25) is 0 Å². The van der Waals surface area contributed by atoms with Crippen LogP contribution < -0.4 is 20.7 Å². The highest BCUT2D eigenvalue weighted by molar-refractivity contribution is 7.13. The summed E-state index contributed by atoms with van der Waals surface area (Å²) in [6.45, 7) is 8.29. The molecule has 182 valence electrons. The van der Waals surface area contributed by atoms with Crippen molar-refractivity contribution in [3.05, 3.63) is 50.8 Å². The van der Waals surface area contributed by atoms with Gasteiger partial charge in [-0.05, 0) is 39.0 Å². The molecule has 1 aliphatic heterocycles. The van der Waals surface area contributed by atoms with Crippen LogP contribution in [0.25, 0.3) is 11.4 Å². The third-order valence-electron chi connectivity index (χ3n) is 6.04. The lowest BCUT2D eigenvalue weighted by atomic mass is 10.1. The van der Waals surface area contributed by atoms with Crippen LogP contribution in [0.15, 0.2) is 34.6 Å². The predicted molar refractivity (Wildman–Crippen MR) is 141 cm³/mol. The van der Waals surface area contributed by atoms with Crippen LogP contribution in [0.2, 0.25) is 5.02 Å². The third-order valence-corrected chi connectivity index (χ3v) is 7.19. The molecule has 2 aromatic heterocycles. The highest BCUT2D eigenvalue weighted by Gasteiger charge is 2.35. The van der Waals surface area contributed by atoms with E-state index in [1.807, 2.05) is 63.3 Å². The molecule has 1 aromatic carbocycles. The highest BCUT2D eigenvalue weighted by atomic mass is 35.5. The second kappa shape index (κ2) is 10.3. The van der Waals surface area contributed by atoms with Crippen molar-refractivity contribution < 1.29 is 4.74 Å². The average molecular weight is 503 g/mol. The maximum absolute atomic E-state index is 13.6. The summed E-state index contributed by atoms with van der Waals surface area (Å²) in [6.07, 6.45) is 1.75. The first-order valence-corrected chi connectivity index (χ1v) is 12.7. The van der Waals surface area contributed by atoms with Crippen molar-refractivity contribution in [2.24, 2.45) is 0 Å². The molecule has 0 unspecified atom stereocenters. The zero-order valence-electron chi connectivity index (χ0n) is 20.2. The molecular weight excluding hydrogens is 472 g/mol. The molecule has 0 bridgehead atoms. The minimum absolute atomic E-state index is 0.0591. The number of hydrogen-bond donors (Lipinski definition) is 1. The molecule has 0 amide bonds. The Kier molecular flexibility index (Phi) is 7.45. The van der Waals surface area contributed by atoms with Crippen molar-refractivity contribution in [3.8, 4) is 11.4 Å².